The molecule has 1 aliphatic heterocycles. The van der Waals surface area contributed by atoms with E-state index in [2.05, 4.69) is 115 Å². The van der Waals surface area contributed by atoms with Crippen molar-refractivity contribution in [2.75, 3.05) is 0 Å². The Morgan fingerprint density at radius 2 is 1.13 bits per heavy atom. The fourth-order valence-corrected chi connectivity index (χ4v) is 8.75. The van der Waals surface area contributed by atoms with Gasteiger partial charge in [-0.25, -0.2) is 15.0 Å². The van der Waals surface area contributed by atoms with Crippen LogP contribution >= 0.6 is 11.3 Å². The molecule has 0 unspecified atom stereocenters. The minimum Gasteiger partial charge on any atom is -0.309 e. The maximum absolute atomic E-state index is 5.06. The fraction of sp³-hybridized carbons (Fsp3) is 0.0714. The Labute approximate surface area is 275 Å². The van der Waals surface area contributed by atoms with Crippen LogP contribution in [0.1, 0.15) is 25.0 Å². The van der Waals surface area contributed by atoms with E-state index in [9.17, 15) is 0 Å². The van der Waals surface area contributed by atoms with E-state index < -0.39 is 0 Å². The molecule has 5 heteroatoms. The Bertz CT molecular complexity index is 2640. The predicted octanol–water partition coefficient (Wildman–Crippen LogP) is 11.0. The summed E-state index contributed by atoms with van der Waals surface area (Å²) in [7, 11) is 0. The SMILES string of the molecule is CC1(C)c2cc(-c3nc(-c4ccccc4)nc(-c4ccccc4)n3)ccc2-n2c3ccccc3c3c4sc5ccccc5c4cc1c32. The van der Waals surface area contributed by atoms with Gasteiger partial charge in [0, 0.05) is 53.1 Å². The Hall–Kier alpha value is -5.65. The Kier molecular flexibility index (Phi) is 5.47. The van der Waals surface area contributed by atoms with Crippen LogP contribution in [0.5, 0.6) is 0 Å². The second-order valence-corrected chi connectivity index (χ2v) is 13.9. The summed E-state index contributed by atoms with van der Waals surface area (Å²) in [6, 6.07) is 47.2. The molecule has 0 fully saturated rings. The van der Waals surface area contributed by atoms with Crippen LogP contribution in [0.15, 0.2) is 133 Å². The van der Waals surface area contributed by atoms with E-state index in [1.165, 1.54) is 58.8 Å². The molecular formula is C42H28N4S. The van der Waals surface area contributed by atoms with Crippen LogP contribution in [0.3, 0.4) is 0 Å². The third-order valence-corrected chi connectivity index (χ3v) is 11.0. The first-order valence-corrected chi connectivity index (χ1v) is 16.8. The maximum Gasteiger partial charge on any atom is 0.164 e. The second-order valence-electron chi connectivity index (χ2n) is 12.9. The summed E-state index contributed by atoms with van der Waals surface area (Å²) in [5, 5.41) is 5.31. The lowest BCUT2D eigenvalue weighted by Gasteiger charge is -2.35. The summed E-state index contributed by atoms with van der Waals surface area (Å²) in [4.78, 5) is 15.0. The van der Waals surface area contributed by atoms with Gasteiger partial charge >= 0.3 is 0 Å². The molecule has 0 aliphatic carbocycles. The van der Waals surface area contributed by atoms with Crippen molar-refractivity contribution in [1.29, 1.82) is 0 Å². The Balaban J connectivity index is 1.26. The quantitative estimate of drug-likeness (QED) is 0.197. The van der Waals surface area contributed by atoms with Crippen molar-refractivity contribution in [3.63, 3.8) is 0 Å². The van der Waals surface area contributed by atoms with Crippen LogP contribution in [0.2, 0.25) is 0 Å². The lowest BCUT2D eigenvalue weighted by Crippen LogP contribution is -2.26. The van der Waals surface area contributed by atoms with Gasteiger partial charge in [-0.1, -0.05) is 111 Å². The summed E-state index contributed by atoms with van der Waals surface area (Å²) in [5.41, 5.74) is 8.99. The van der Waals surface area contributed by atoms with Gasteiger partial charge in [-0.15, -0.1) is 11.3 Å². The van der Waals surface area contributed by atoms with Crippen LogP contribution in [0.4, 0.5) is 0 Å². The number of hydrogen-bond acceptors (Lipinski definition) is 4. The molecule has 3 aromatic heterocycles. The first-order valence-electron chi connectivity index (χ1n) is 16.0. The van der Waals surface area contributed by atoms with Crippen molar-refractivity contribution in [3.8, 4) is 39.9 Å². The van der Waals surface area contributed by atoms with Crippen LogP contribution in [-0.4, -0.2) is 19.5 Å². The molecule has 6 aromatic carbocycles. The van der Waals surface area contributed by atoms with Crippen molar-refractivity contribution in [1.82, 2.24) is 19.5 Å². The van der Waals surface area contributed by atoms with Crippen molar-refractivity contribution < 1.29 is 0 Å². The van der Waals surface area contributed by atoms with Crippen molar-refractivity contribution in [2.24, 2.45) is 0 Å². The van der Waals surface area contributed by atoms with Gasteiger partial charge in [0.1, 0.15) is 0 Å². The van der Waals surface area contributed by atoms with Gasteiger partial charge < -0.3 is 4.57 Å². The largest absolute Gasteiger partial charge is 0.309 e. The molecule has 0 radical (unpaired) electrons. The lowest BCUT2D eigenvalue weighted by atomic mass is 9.74. The van der Waals surface area contributed by atoms with Gasteiger partial charge in [0.05, 0.1) is 16.7 Å². The summed E-state index contributed by atoms with van der Waals surface area (Å²) in [6.07, 6.45) is 0. The fourth-order valence-electron chi connectivity index (χ4n) is 7.51. The molecule has 4 heterocycles. The molecule has 0 saturated heterocycles. The molecule has 10 rings (SSSR count). The van der Waals surface area contributed by atoms with Gasteiger partial charge in [-0.2, -0.15) is 0 Å². The van der Waals surface area contributed by atoms with E-state index in [0.29, 0.717) is 17.5 Å². The molecular weight excluding hydrogens is 593 g/mol. The monoisotopic (exact) mass is 620 g/mol. The van der Waals surface area contributed by atoms with Crippen molar-refractivity contribution >= 4 is 53.3 Å². The van der Waals surface area contributed by atoms with Crippen LogP contribution in [0.25, 0.3) is 81.8 Å². The molecule has 0 bridgehead atoms. The average Bonchev–Trinajstić information content (AvgIpc) is 3.67. The number of rotatable bonds is 3. The highest BCUT2D eigenvalue weighted by molar-refractivity contribution is 7.26. The van der Waals surface area contributed by atoms with Crippen LogP contribution < -0.4 is 0 Å². The third kappa shape index (κ3) is 3.78. The Morgan fingerprint density at radius 1 is 0.532 bits per heavy atom. The van der Waals surface area contributed by atoms with Gasteiger partial charge in [0.2, 0.25) is 0 Å². The molecule has 9 aromatic rings. The molecule has 0 N–H and O–H groups in total. The number of aromatic nitrogens is 4. The number of hydrogen-bond donors (Lipinski definition) is 0. The smallest absolute Gasteiger partial charge is 0.164 e. The van der Waals surface area contributed by atoms with Crippen LogP contribution in [0, 0.1) is 0 Å². The number of thiophene rings is 1. The second kappa shape index (κ2) is 9.68. The highest BCUT2D eigenvalue weighted by Gasteiger charge is 2.37. The molecule has 47 heavy (non-hydrogen) atoms. The zero-order chi connectivity index (χ0) is 31.3. The highest BCUT2D eigenvalue weighted by atomic mass is 32.1. The summed E-state index contributed by atoms with van der Waals surface area (Å²) in [5.74, 6) is 2.01. The van der Waals surface area contributed by atoms with Crippen molar-refractivity contribution in [3.05, 3.63) is 145 Å². The van der Waals surface area contributed by atoms with Gasteiger partial charge in [-0.05, 0) is 47.5 Å². The van der Waals surface area contributed by atoms with E-state index in [-0.39, 0.29) is 5.41 Å². The van der Waals surface area contributed by atoms with Gasteiger partial charge in [0.15, 0.2) is 17.5 Å². The van der Waals surface area contributed by atoms with Crippen LogP contribution in [-0.2, 0) is 5.41 Å². The first kappa shape index (κ1) is 26.6. The Morgan fingerprint density at radius 3 is 1.83 bits per heavy atom. The molecule has 0 atom stereocenters. The predicted molar refractivity (Wildman–Crippen MR) is 195 cm³/mol. The summed E-state index contributed by atoms with van der Waals surface area (Å²) >= 11 is 1.91. The van der Waals surface area contributed by atoms with Crippen molar-refractivity contribution in [2.45, 2.75) is 19.3 Å². The molecule has 4 nitrogen and oxygen atoms in total. The number of para-hydroxylation sites is 1. The normalized spacial score (nSPS) is 13.5. The van der Waals surface area contributed by atoms with E-state index in [1.807, 2.05) is 47.7 Å². The summed E-state index contributed by atoms with van der Waals surface area (Å²) < 4.78 is 5.18. The van der Waals surface area contributed by atoms with E-state index in [1.54, 1.807) is 0 Å². The highest BCUT2D eigenvalue weighted by Crippen LogP contribution is 2.52. The molecule has 0 amide bonds. The molecule has 222 valence electrons. The zero-order valence-corrected chi connectivity index (χ0v) is 26.7. The third-order valence-electron chi connectivity index (χ3n) is 9.82. The van der Waals surface area contributed by atoms with E-state index in [4.69, 9.17) is 15.0 Å². The molecule has 0 spiro atoms. The summed E-state index contributed by atoms with van der Waals surface area (Å²) in [6.45, 7) is 4.73. The minimum atomic E-state index is -0.275. The molecule has 1 aliphatic rings. The number of fused-ring (bicyclic) bond motifs is 9. The number of benzene rings is 6. The van der Waals surface area contributed by atoms with E-state index in [0.717, 1.165) is 16.7 Å². The standard InChI is InChI=1S/C42H28N4S/c1-42(2)31-23-27(41-44-39(25-13-5-3-6-14-25)43-40(45-41)26-15-7-4-8-16-26)21-22-34(31)46-33-19-11-9-18-29(33)36-37(46)32(42)24-30-28-17-10-12-20-35(28)47-38(30)36/h3-24H,1-2H3. The van der Waals surface area contributed by atoms with E-state index >= 15 is 0 Å². The van der Waals surface area contributed by atoms with Gasteiger partial charge in [-0.3, -0.25) is 0 Å². The maximum atomic E-state index is 5.06. The topological polar surface area (TPSA) is 43.6 Å². The zero-order valence-electron chi connectivity index (χ0n) is 25.9. The van der Waals surface area contributed by atoms with Gasteiger partial charge in [0.25, 0.3) is 0 Å². The number of nitrogens with zero attached hydrogens (tertiary/aromatic N) is 4. The lowest BCUT2D eigenvalue weighted by molar-refractivity contribution is 0.631. The minimum absolute atomic E-state index is 0.275. The first-order chi connectivity index (χ1) is 23.1. The average molecular weight is 621 g/mol. The molecule has 0 saturated carbocycles.